The third kappa shape index (κ3) is 6.55. The van der Waals surface area contributed by atoms with Crippen LogP contribution in [0.1, 0.15) is 30.5 Å². The van der Waals surface area contributed by atoms with E-state index in [9.17, 15) is 9.59 Å². The Hall–Kier alpha value is -2.40. The van der Waals surface area contributed by atoms with Crippen LogP contribution in [0.2, 0.25) is 0 Å². The van der Waals surface area contributed by atoms with Crippen LogP contribution in [0.5, 0.6) is 0 Å². The number of nitrogens with one attached hydrogen (secondary N) is 1. The smallest absolute Gasteiger partial charge is 0.331 e. The number of carbonyl (C=O) groups is 2. The van der Waals surface area contributed by atoms with Crippen molar-refractivity contribution in [2.45, 2.75) is 19.4 Å². The summed E-state index contributed by atoms with van der Waals surface area (Å²) < 4.78 is 5.96. The molecule has 0 aliphatic heterocycles. The van der Waals surface area contributed by atoms with Gasteiger partial charge in [-0.25, -0.2) is 4.79 Å². The van der Waals surface area contributed by atoms with Gasteiger partial charge in [-0.15, -0.1) is 0 Å². The molecule has 0 aliphatic carbocycles. The molecule has 25 heavy (non-hydrogen) atoms. The minimum Gasteiger partial charge on any atom is -0.452 e. The molecular weight excluding hydrogens is 382 g/mol. The Kier molecular flexibility index (Phi) is 7.41. The zero-order chi connectivity index (χ0) is 18.1. The number of benzene rings is 2. The van der Waals surface area contributed by atoms with Crippen LogP contribution in [0.25, 0.3) is 6.08 Å². The van der Waals surface area contributed by atoms with E-state index in [4.69, 9.17) is 4.74 Å². The van der Waals surface area contributed by atoms with Crippen LogP contribution in [-0.2, 0) is 14.3 Å². The molecule has 130 valence electrons. The van der Waals surface area contributed by atoms with Gasteiger partial charge in [0.25, 0.3) is 5.91 Å². The first-order valence-corrected chi connectivity index (χ1v) is 8.82. The second-order valence-electron chi connectivity index (χ2n) is 5.43. The molecule has 4 nitrogen and oxygen atoms in total. The predicted octanol–water partition coefficient (Wildman–Crippen LogP) is 4.27. The van der Waals surface area contributed by atoms with Gasteiger partial charge in [-0.3, -0.25) is 4.79 Å². The van der Waals surface area contributed by atoms with Gasteiger partial charge in [-0.2, -0.15) is 0 Å². The van der Waals surface area contributed by atoms with Gasteiger partial charge >= 0.3 is 5.97 Å². The highest BCUT2D eigenvalue weighted by atomic mass is 79.9. The maximum absolute atomic E-state index is 12.0. The van der Waals surface area contributed by atoms with Crippen LogP contribution < -0.4 is 5.32 Å². The van der Waals surface area contributed by atoms with E-state index < -0.39 is 5.97 Å². The molecule has 0 saturated carbocycles. The van der Waals surface area contributed by atoms with E-state index in [-0.39, 0.29) is 18.6 Å². The quantitative estimate of drug-likeness (QED) is 0.556. The lowest BCUT2D eigenvalue weighted by Gasteiger charge is -2.17. The first kappa shape index (κ1) is 18.9. The normalized spacial score (nSPS) is 11.9. The van der Waals surface area contributed by atoms with Gasteiger partial charge in [-0.1, -0.05) is 65.3 Å². The van der Waals surface area contributed by atoms with Crippen molar-refractivity contribution < 1.29 is 14.3 Å². The number of hydrogen-bond acceptors (Lipinski definition) is 3. The summed E-state index contributed by atoms with van der Waals surface area (Å²) in [7, 11) is 0. The number of rotatable bonds is 7. The fraction of sp³-hybridized carbons (Fsp3) is 0.200. The van der Waals surface area contributed by atoms with E-state index in [1.165, 1.54) is 6.08 Å². The van der Waals surface area contributed by atoms with E-state index >= 15 is 0 Å². The summed E-state index contributed by atoms with van der Waals surface area (Å²) in [6.07, 6.45) is 3.71. The molecule has 0 saturated heterocycles. The number of ether oxygens (including phenoxy) is 1. The van der Waals surface area contributed by atoms with E-state index in [1.54, 1.807) is 6.08 Å². The zero-order valence-corrected chi connectivity index (χ0v) is 15.5. The molecule has 0 aromatic heterocycles. The largest absolute Gasteiger partial charge is 0.452 e. The number of halogens is 1. The van der Waals surface area contributed by atoms with Crippen molar-refractivity contribution >= 4 is 33.9 Å². The molecule has 0 bridgehead atoms. The van der Waals surface area contributed by atoms with Crippen LogP contribution in [0.3, 0.4) is 0 Å². The van der Waals surface area contributed by atoms with Crippen LogP contribution >= 0.6 is 15.9 Å². The topological polar surface area (TPSA) is 55.4 Å². The Morgan fingerprint density at radius 1 is 1.12 bits per heavy atom. The first-order chi connectivity index (χ1) is 12.1. The molecule has 0 aliphatic rings. The van der Waals surface area contributed by atoms with Crippen molar-refractivity contribution in [2.24, 2.45) is 0 Å². The summed E-state index contributed by atoms with van der Waals surface area (Å²) in [4.78, 5) is 23.7. The molecule has 1 atom stereocenters. The summed E-state index contributed by atoms with van der Waals surface area (Å²) >= 11 is 3.39. The molecule has 1 N–H and O–H groups in total. The lowest BCUT2D eigenvalue weighted by molar-refractivity contribution is -0.144. The second kappa shape index (κ2) is 9.79. The van der Waals surface area contributed by atoms with Crippen molar-refractivity contribution in [2.75, 3.05) is 6.61 Å². The van der Waals surface area contributed by atoms with Gasteiger partial charge in [0.2, 0.25) is 0 Å². The number of carbonyl (C=O) groups excluding carboxylic acids is 2. The Morgan fingerprint density at radius 3 is 2.44 bits per heavy atom. The molecule has 0 fully saturated rings. The Bertz CT molecular complexity index is 726. The van der Waals surface area contributed by atoms with Crippen LogP contribution in [0, 0.1) is 0 Å². The first-order valence-electron chi connectivity index (χ1n) is 8.03. The number of esters is 1. The molecule has 5 heteroatoms. The predicted molar refractivity (Wildman–Crippen MR) is 102 cm³/mol. The molecule has 0 spiro atoms. The summed E-state index contributed by atoms with van der Waals surface area (Å²) in [6.45, 7) is 1.69. The zero-order valence-electron chi connectivity index (χ0n) is 13.9. The van der Waals surface area contributed by atoms with E-state index in [2.05, 4.69) is 21.2 Å². The van der Waals surface area contributed by atoms with Crippen molar-refractivity contribution in [3.8, 4) is 0 Å². The van der Waals surface area contributed by atoms with Gasteiger partial charge in [0.1, 0.15) is 0 Å². The Labute approximate surface area is 156 Å². The van der Waals surface area contributed by atoms with Crippen LogP contribution in [0.4, 0.5) is 0 Å². The maximum atomic E-state index is 12.0. The highest BCUT2D eigenvalue weighted by Crippen LogP contribution is 2.19. The Balaban J connectivity index is 1.81. The minimum absolute atomic E-state index is 0.112. The molecule has 0 heterocycles. The van der Waals surface area contributed by atoms with E-state index in [0.717, 1.165) is 22.0 Å². The van der Waals surface area contributed by atoms with Crippen LogP contribution in [-0.4, -0.2) is 18.5 Å². The standard InChI is InChI=1S/C20H20BrNO3/c1-2-18(16-9-11-17(21)12-10-16)22-19(23)14-25-20(24)13-8-15-6-4-3-5-7-15/h3-13,18H,2,14H2,1H3,(H,22,23)/b13-8+/t18-/m0/s1. The molecule has 2 rings (SSSR count). The lowest BCUT2D eigenvalue weighted by Crippen LogP contribution is -2.32. The van der Waals surface area contributed by atoms with Crippen LogP contribution in [0.15, 0.2) is 65.1 Å². The fourth-order valence-electron chi connectivity index (χ4n) is 2.27. The third-order valence-electron chi connectivity index (χ3n) is 3.57. The average Bonchev–Trinajstić information content (AvgIpc) is 2.64. The SMILES string of the molecule is CC[C@H](NC(=O)COC(=O)/C=C/c1ccccc1)c1ccc(Br)cc1. The summed E-state index contributed by atoms with van der Waals surface area (Å²) in [5, 5.41) is 2.88. The van der Waals surface area contributed by atoms with E-state index in [1.807, 2.05) is 61.5 Å². The lowest BCUT2D eigenvalue weighted by atomic mass is 10.0. The van der Waals surface area contributed by atoms with Gasteiger partial charge in [0.05, 0.1) is 6.04 Å². The molecule has 2 aromatic rings. The monoisotopic (exact) mass is 401 g/mol. The van der Waals surface area contributed by atoms with Gasteiger partial charge in [0.15, 0.2) is 6.61 Å². The van der Waals surface area contributed by atoms with Crippen molar-refractivity contribution in [1.29, 1.82) is 0 Å². The maximum Gasteiger partial charge on any atom is 0.331 e. The molecule has 1 amide bonds. The molecule has 0 radical (unpaired) electrons. The highest BCUT2D eigenvalue weighted by molar-refractivity contribution is 9.10. The van der Waals surface area contributed by atoms with Crippen molar-refractivity contribution in [1.82, 2.24) is 5.32 Å². The van der Waals surface area contributed by atoms with Crippen molar-refractivity contribution in [3.63, 3.8) is 0 Å². The van der Waals surface area contributed by atoms with E-state index in [0.29, 0.717) is 0 Å². The minimum atomic E-state index is -0.546. The molecule has 0 unspecified atom stereocenters. The summed E-state index contributed by atoms with van der Waals surface area (Å²) in [5.41, 5.74) is 1.90. The average molecular weight is 402 g/mol. The number of amides is 1. The molecule has 2 aromatic carbocycles. The highest BCUT2D eigenvalue weighted by Gasteiger charge is 2.13. The molecular formula is C20H20BrNO3. The van der Waals surface area contributed by atoms with Crippen molar-refractivity contribution in [3.05, 3.63) is 76.3 Å². The summed E-state index contributed by atoms with van der Waals surface area (Å²) in [5.74, 6) is -0.869. The second-order valence-corrected chi connectivity index (χ2v) is 6.35. The number of hydrogen-bond donors (Lipinski definition) is 1. The third-order valence-corrected chi connectivity index (χ3v) is 4.10. The van der Waals surface area contributed by atoms with Gasteiger partial charge in [0, 0.05) is 10.5 Å². The van der Waals surface area contributed by atoms with Gasteiger partial charge < -0.3 is 10.1 Å². The fourth-order valence-corrected chi connectivity index (χ4v) is 2.53. The Morgan fingerprint density at radius 2 is 1.80 bits per heavy atom. The van der Waals surface area contributed by atoms with Gasteiger partial charge in [-0.05, 0) is 35.8 Å². The summed E-state index contributed by atoms with van der Waals surface area (Å²) in [6, 6.07) is 17.1.